The van der Waals surface area contributed by atoms with E-state index in [0.29, 0.717) is 52.2 Å². The average molecular weight is 646 g/mol. The second-order valence-corrected chi connectivity index (χ2v) is 12.0. The number of fused-ring (bicyclic) bond motifs is 1. The zero-order chi connectivity index (χ0) is 30.7. The SMILES string of the molecule is COC(=O)CCc1cnc([C@@]2(N(C)OC)CCCN2C(=O)Cc2cc(Cl)c(NC(=O)c3coc4ccccc34)cc2Cl)s1. The maximum Gasteiger partial charge on any atom is 0.305 e. The number of esters is 1. The molecule has 0 bridgehead atoms. The van der Waals surface area contributed by atoms with E-state index in [1.807, 2.05) is 12.1 Å². The van der Waals surface area contributed by atoms with E-state index >= 15 is 0 Å². The van der Waals surface area contributed by atoms with Gasteiger partial charge in [0.15, 0.2) is 5.66 Å². The van der Waals surface area contributed by atoms with Crippen LogP contribution in [0.4, 0.5) is 5.69 Å². The van der Waals surface area contributed by atoms with Gasteiger partial charge in [0.25, 0.3) is 5.91 Å². The Balaban J connectivity index is 1.35. The minimum Gasteiger partial charge on any atom is -0.469 e. The highest BCUT2D eigenvalue weighted by Crippen LogP contribution is 2.44. The molecule has 0 radical (unpaired) electrons. The highest BCUT2D eigenvalue weighted by atomic mass is 35.5. The van der Waals surface area contributed by atoms with Gasteiger partial charge < -0.3 is 19.4 Å². The van der Waals surface area contributed by atoms with Crippen molar-refractivity contribution >= 4 is 69.0 Å². The molecule has 5 rings (SSSR count). The van der Waals surface area contributed by atoms with E-state index in [4.69, 9.17) is 37.2 Å². The number of hydrogen-bond acceptors (Lipinski definition) is 9. The minimum absolute atomic E-state index is 0.0287. The summed E-state index contributed by atoms with van der Waals surface area (Å²) in [4.78, 5) is 51.5. The molecular formula is C30H30Cl2N4O6S. The maximum atomic E-state index is 13.9. The van der Waals surface area contributed by atoms with Gasteiger partial charge in [-0.25, -0.2) is 4.98 Å². The molecule has 13 heteroatoms. The lowest BCUT2D eigenvalue weighted by Crippen LogP contribution is -2.55. The van der Waals surface area contributed by atoms with Crippen molar-refractivity contribution < 1.29 is 28.4 Å². The summed E-state index contributed by atoms with van der Waals surface area (Å²) in [5, 5.41) is 6.33. The number of aryl methyl sites for hydroxylation is 1. The van der Waals surface area contributed by atoms with Crippen LogP contribution in [0.3, 0.4) is 0 Å². The summed E-state index contributed by atoms with van der Waals surface area (Å²) >= 11 is 14.6. The molecule has 2 amide bonds. The smallest absolute Gasteiger partial charge is 0.305 e. The van der Waals surface area contributed by atoms with Gasteiger partial charge in [0.05, 0.1) is 43.3 Å². The zero-order valence-electron chi connectivity index (χ0n) is 23.8. The number of halogens is 2. The van der Waals surface area contributed by atoms with Gasteiger partial charge in [-0.1, -0.05) is 41.4 Å². The van der Waals surface area contributed by atoms with Crippen LogP contribution in [0.2, 0.25) is 10.0 Å². The number of hydroxylamine groups is 2. The van der Waals surface area contributed by atoms with E-state index in [1.54, 1.807) is 54.6 Å². The third-order valence-corrected chi connectivity index (χ3v) is 9.46. The third-order valence-electron chi connectivity index (χ3n) is 7.60. The first-order chi connectivity index (χ1) is 20.7. The number of nitrogens with one attached hydrogen (secondary N) is 1. The molecular weight excluding hydrogens is 615 g/mol. The Kier molecular flexibility index (Phi) is 9.38. The molecule has 0 saturated carbocycles. The standard InChI is InChI=1S/C30H30Cl2N4O6S/c1-35(41-3)30(29-33-16-19(43-29)9-10-27(38)40-2)11-6-12-36(30)26(37)14-18-13-23(32)24(15-22(18)31)34-28(39)21-17-42-25-8-5-4-7-20(21)25/h4-5,7-8,13,15-17H,6,9-12,14H2,1-3H3,(H,34,39)/t30-/m1/s1. The quantitative estimate of drug-likeness (QED) is 0.164. The van der Waals surface area contributed by atoms with Gasteiger partial charge in [0.1, 0.15) is 16.9 Å². The summed E-state index contributed by atoms with van der Waals surface area (Å²) in [6.07, 6.45) is 5.16. The summed E-state index contributed by atoms with van der Waals surface area (Å²) < 4.78 is 10.2. The van der Waals surface area contributed by atoms with E-state index < -0.39 is 11.6 Å². The highest BCUT2D eigenvalue weighted by molar-refractivity contribution is 7.11. The van der Waals surface area contributed by atoms with Crippen LogP contribution in [-0.2, 0) is 37.7 Å². The molecule has 1 saturated heterocycles. The Hall–Kier alpha value is -3.48. The number of ether oxygens (including phenoxy) is 1. The molecule has 2 aromatic carbocycles. The molecule has 0 aliphatic carbocycles. The number of carbonyl (C=O) groups excluding carboxylic acids is 3. The number of rotatable bonds is 10. The van der Waals surface area contributed by atoms with Gasteiger partial charge in [-0.05, 0) is 43.0 Å². The van der Waals surface area contributed by atoms with Gasteiger partial charge in [-0.3, -0.25) is 19.2 Å². The fraction of sp³-hybridized carbons (Fsp3) is 0.333. The van der Waals surface area contributed by atoms with Gasteiger partial charge in [0.2, 0.25) is 5.91 Å². The fourth-order valence-corrected chi connectivity index (χ4v) is 6.96. The number of likely N-dealkylation sites (tertiary alicyclic amines) is 1. The first-order valence-electron chi connectivity index (χ1n) is 13.5. The van der Waals surface area contributed by atoms with Crippen molar-refractivity contribution in [1.82, 2.24) is 14.9 Å². The maximum absolute atomic E-state index is 13.9. The lowest BCUT2D eigenvalue weighted by Gasteiger charge is -2.42. The number of furan rings is 1. The van der Waals surface area contributed by atoms with Crippen LogP contribution in [0.15, 0.2) is 53.3 Å². The number of aromatic nitrogens is 1. The lowest BCUT2D eigenvalue weighted by atomic mass is 10.1. The largest absolute Gasteiger partial charge is 0.469 e. The number of thiazole rings is 1. The summed E-state index contributed by atoms with van der Waals surface area (Å²) in [6, 6.07) is 10.4. The molecule has 0 spiro atoms. The molecule has 4 aromatic rings. The van der Waals surface area contributed by atoms with Crippen LogP contribution >= 0.6 is 34.5 Å². The Morgan fingerprint density at radius 3 is 2.74 bits per heavy atom. The summed E-state index contributed by atoms with van der Waals surface area (Å²) in [5.41, 5.74) is 0.859. The van der Waals surface area contributed by atoms with Crippen molar-refractivity contribution in [3.05, 3.63) is 79.9 Å². The van der Waals surface area contributed by atoms with Crippen LogP contribution in [0.25, 0.3) is 11.0 Å². The van der Waals surface area contributed by atoms with Crippen molar-refractivity contribution in [3.8, 4) is 0 Å². The molecule has 226 valence electrons. The van der Waals surface area contributed by atoms with E-state index in [9.17, 15) is 14.4 Å². The monoisotopic (exact) mass is 644 g/mol. The van der Waals surface area contributed by atoms with E-state index in [-0.39, 0.29) is 34.8 Å². The molecule has 1 N–H and O–H groups in total. The highest BCUT2D eigenvalue weighted by Gasteiger charge is 2.51. The molecule has 1 fully saturated rings. The van der Waals surface area contributed by atoms with Crippen LogP contribution in [0.1, 0.15) is 45.1 Å². The topological polar surface area (TPSA) is 114 Å². The Labute approximate surface area is 262 Å². The molecule has 0 unspecified atom stereocenters. The fourth-order valence-electron chi connectivity index (χ4n) is 5.33. The number of methoxy groups -OCH3 is 1. The van der Waals surface area contributed by atoms with Crippen LogP contribution in [-0.4, -0.2) is 60.5 Å². The Bertz CT molecular complexity index is 1670. The van der Waals surface area contributed by atoms with Crippen LogP contribution in [0, 0.1) is 0 Å². The summed E-state index contributed by atoms with van der Waals surface area (Å²) in [6.45, 7) is 0.488. The molecule has 1 aliphatic heterocycles. The van der Waals surface area contributed by atoms with Crippen LogP contribution < -0.4 is 5.32 Å². The number of benzene rings is 2. The number of anilines is 1. The van der Waals surface area contributed by atoms with E-state index in [2.05, 4.69) is 10.3 Å². The number of amides is 2. The predicted octanol–water partition coefficient (Wildman–Crippen LogP) is 6.07. The molecule has 10 nitrogen and oxygen atoms in total. The van der Waals surface area contributed by atoms with E-state index in [1.165, 1.54) is 24.7 Å². The molecule has 1 aliphatic rings. The van der Waals surface area contributed by atoms with Gasteiger partial charge in [-0.2, -0.15) is 5.06 Å². The van der Waals surface area contributed by atoms with Crippen molar-refractivity contribution in [2.24, 2.45) is 0 Å². The molecule has 3 heterocycles. The Morgan fingerprint density at radius 1 is 1.19 bits per heavy atom. The van der Waals surface area contributed by atoms with Crippen molar-refractivity contribution in [3.63, 3.8) is 0 Å². The van der Waals surface area contributed by atoms with Crippen molar-refractivity contribution in [1.29, 1.82) is 0 Å². The first-order valence-corrected chi connectivity index (χ1v) is 15.1. The number of carbonyl (C=O) groups is 3. The van der Waals surface area contributed by atoms with Gasteiger partial charge in [-0.15, -0.1) is 11.3 Å². The number of hydrogen-bond donors (Lipinski definition) is 1. The molecule has 43 heavy (non-hydrogen) atoms. The summed E-state index contributed by atoms with van der Waals surface area (Å²) in [7, 11) is 4.67. The van der Waals surface area contributed by atoms with Gasteiger partial charge >= 0.3 is 5.97 Å². The van der Waals surface area contributed by atoms with E-state index in [0.717, 1.165) is 11.3 Å². The second-order valence-electron chi connectivity index (χ2n) is 10.1. The normalized spacial score (nSPS) is 16.7. The number of nitrogens with zero attached hydrogens (tertiary/aromatic N) is 3. The summed E-state index contributed by atoms with van der Waals surface area (Å²) in [5.74, 6) is -0.884. The van der Waals surface area contributed by atoms with Crippen molar-refractivity contribution in [2.75, 3.05) is 33.1 Å². The van der Waals surface area contributed by atoms with Crippen molar-refractivity contribution in [2.45, 2.75) is 37.8 Å². The van der Waals surface area contributed by atoms with Crippen LogP contribution in [0.5, 0.6) is 0 Å². The first kappa shape index (κ1) is 31.0. The molecule has 2 aromatic heterocycles. The third kappa shape index (κ3) is 6.13. The number of para-hydroxylation sites is 1. The lowest BCUT2D eigenvalue weighted by molar-refractivity contribution is -0.230. The Morgan fingerprint density at radius 2 is 1.98 bits per heavy atom. The minimum atomic E-state index is -0.933. The van der Waals surface area contributed by atoms with Gasteiger partial charge in [0, 0.05) is 35.1 Å². The predicted molar refractivity (Wildman–Crippen MR) is 164 cm³/mol. The molecule has 1 atom stereocenters. The zero-order valence-corrected chi connectivity index (χ0v) is 26.1. The second kappa shape index (κ2) is 13.0. The average Bonchev–Trinajstić information content (AvgIpc) is 3.76.